The van der Waals surface area contributed by atoms with E-state index in [1.807, 2.05) is 49.3 Å². The first kappa shape index (κ1) is 21.9. The average molecular weight is 445 g/mol. The lowest BCUT2D eigenvalue weighted by Crippen LogP contribution is -2.47. The van der Waals surface area contributed by atoms with Crippen molar-refractivity contribution in [2.45, 2.75) is 31.3 Å². The number of benzene rings is 1. The van der Waals surface area contributed by atoms with Crippen LogP contribution < -0.4 is 9.47 Å². The zero-order valence-corrected chi connectivity index (χ0v) is 17.6. The van der Waals surface area contributed by atoms with Crippen LogP contribution in [0.2, 0.25) is 0 Å². The summed E-state index contributed by atoms with van der Waals surface area (Å²) in [4.78, 5) is 39.3. The zero-order chi connectivity index (χ0) is 22.9. The molecule has 32 heavy (non-hydrogen) atoms. The summed E-state index contributed by atoms with van der Waals surface area (Å²) in [5.74, 6) is -3.43. The van der Waals surface area contributed by atoms with E-state index >= 15 is 0 Å². The monoisotopic (exact) mass is 445 g/mol. The standard InChI is InChI=1S/C21H23N3O8/c1-23(2)8-9-29-17(13-6-4-3-5-7-13)16-18-19-22-24(16)12-30-14(25)10-21(28,20(27)32-18)11-15(26)31-19/h3-7,17,28H,8-12H2,1-2H3. The van der Waals surface area contributed by atoms with Crippen molar-refractivity contribution < 1.29 is 38.4 Å². The van der Waals surface area contributed by atoms with Crippen molar-refractivity contribution in [2.75, 3.05) is 27.2 Å². The highest BCUT2D eigenvalue weighted by Crippen LogP contribution is 2.42. The maximum absolute atomic E-state index is 12.8. The third-order valence-electron chi connectivity index (χ3n) is 5.10. The van der Waals surface area contributed by atoms with Gasteiger partial charge in [0.1, 0.15) is 11.8 Å². The first-order valence-electron chi connectivity index (χ1n) is 10.00. The molecule has 0 aliphatic carbocycles. The predicted molar refractivity (Wildman–Crippen MR) is 107 cm³/mol. The van der Waals surface area contributed by atoms with Crippen LogP contribution in [-0.4, -0.2) is 70.5 Å². The summed E-state index contributed by atoms with van der Waals surface area (Å²) in [6, 6.07) is 9.10. The molecule has 3 heterocycles. The van der Waals surface area contributed by atoms with Gasteiger partial charge in [0.2, 0.25) is 5.75 Å². The van der Waals surface area contributed by atoms with Crippen LogP contribution in [0.1, 0.15) is 30.2 Å². The first-order chi connectivity index (χ1) is 15.3. The van der Waals surface area contributed by atoms with Crippen molar-refractivity contribution in [2.24, 2.45) is 0 Å². The van der Waals surface area contributed by atoms with Crippen LogP contribution in [0.4, 0.5) is 0 Å². The van der Waals surface area contributed by atoms with Crippen LogP contribution in [0.15, 0.2) is 30.3 Å². The van der Waals surface area contributed by atoms with Crippen LogP contribution in [0, 0.1) is 0 Å². The molecule has 2 unspecified atom stereocenters. The molecule has 0 radical (unpaired) electrons. The van der Waals surface area contributed by atoms with Crippen molar-refractivity contribution in [1.82, 2.24) is 14.7 Å². The number of fused-ring (bicyclic) bond motifs is 3. The SMILES string of the molecule is CN(C)CCOC(c1ccccc1)c1c2c3nn1COC(=O)CC(O)(CC(=O)O3)C(=O)O2. The smallest absolute Gasteiger partial charge is 0.345 e. The Labute approximate surface area is 183 Å². The van der Waals surface area contributed by atoms with Gasteiger partial charge in [-0.05, 0) is 19.7 Å². The number of aromatic nitrogens is 2. The second-order valence-corrected chi connectivity index (χ2v) is 7.88. The molecule has 0 fully saturated rings. The van der Waals surface area contributed by atoms with Gasteiger partial charge < -0.3 is 29.0 Å². The number of aliphatic hydroxyl groups is 1. The molecule has 1 N–H and O–H groups in total. The molecule has 0 saturated heterocycles. The Bertz CT molecular complexity index is 1040. The van der Waals surface area contributed by atoms with Gasteiger partial charge in [0.05, 0.1) is 19.4 Å². The van der Waals surface area contributed by atoms with Gasteiger partial charge in [-0.3, -0.25) is 9.59 Å². The van der Waals surface area contributed by atoms with Crippen molar-refractivity contribution in [3.05, 3.63) is 41.6 Å². The molecule has 2 aliphatic rings. The minimum absolute atomic E-state index is 0.168. The molecule has 3 bridgehead atoms. The Kier molecular flexibility index (Phi) is 5.96. The van der Waals surface area contributed by atoms with Crippen LogP contribution in [-0.2, 0) is 30.6 Å². The van der Waals surface area contributed by atoms with Gasteiger partial charge in [0.15, 0.2) is 12.3 Å². The number of esters is 3. The van der Waals surface area contributed by atoms with Crippen molar-refractivity contribution in [1.29, 1.82) is 0 Å². The Morgan fingerprint density at radius 2 is 1.88 bits per heavy atom. The van der Waals surface area contributed by atoms with Crippen molar-refractivity contribution >= 4 is 17.9 Å². The molecule has 2 aromatic rings. The third kappa shape index (κ3) is 4.35. The van der Waals surface area contributed by atoms with E-state index in [1.165, 1.54) is 4.68 Å². The lowest BCUT2D eigenvalue weighted by atomic mass is 9.95. The Morgan fingerprint density at radius 1 is 1.16 bits per heavy atom. The zero-order valence-electron chi connectivity index (χ0n) is 17.6. The normalized spacial score (nSPS) is 21.6. The summed E-state index contributed by atoms with van der Waals surface area (Å²) in [5, 5.41) is 14.9. The van der Waals surface area contributed by atoms with E-state index in [4.69, 9.17) is 18.9 Å². The van der Waals surface area contributed by atoms with E-state index in [9.17, 15) is 19.5 Å². The summed E-state index contributed by atoms with van der Waals surface area (Å²) in [6.07, 6.45) is -2.33. The summed E-state index contributed by atoms with van der Waals surface area (Å²) in [6.45, 7) is 0.555. The molecule has 2 atom stereocenters. The van der Waals surface area contributed by atoms with E-state index in [1.54, 1.807) is 0 Å². The molecule has 11 nitrogen and oxygen atoms in total. The molecule has 1 aromatic carbocycles. The maximum atomic E-state index is 12.8. The average Bonchev–Trinajstić information content (AvgIpc) is 3.03. The highest BCUT2D eigenvalue weighted by Gasteiger charge is 2.48. The quantitative estimate of drug-likeness (QED) is 0.624. The van der Waals surface area contributed by atoms with E-state index in [0.29, 0.717) is 18.7 Å². The number of ether oxygens (including phenoxy) is 4. The fourth-order valence-corrected chi connectivity index (χ4v) is 3.47. The number of hydrogen-bond acceptors (Lipinski definition) is 10. The van der Waals surface area contributed by atoms with E-state index in [2.05, 4.69) is 5.10 Å². The lowest BCUT2D eigenvalue weighted by Gasteiger charge is -2.28. The topological polar surface area (TPSA) is 129 Å². The molecule has 2 aliphatic heterocycles. The molecule has 4 rings (SSSR count). The van der Waals surface area contributed by atoms with Crippen LogP contribution in [0.25, 0.3) is 0 Å². The number of cyclic esters (lactones) is 1. The minimum atomic E-state index is -2.42. The Hall–Kier alpha value is -3.28. The van der Waals surface area contributed by atoms with Gasteiger partial charge in [-0.15, -0.1) is 5.10 Å². The highest BCUT2D eigenvalue weighted by molar-refractivity contribution is 5.93. The second-order valence-electron chi connectivity index (χ2n) is 7.88. The predicted octanol–water partition coefficient (Wildman–Crippen LogP) is 0.401. The minimum Gasteiger partial charge on any atom is -0.442 e. The Balaban J connectivity index is 1.85. The van der Waals surface area contributed by atoms with Crippen LogP contribution in [0.5, 0.6) is 11.6 Å². The molecule has 0 saturated carbocycles. The van der Waals surface area contributed by atoms with Crippen molar-refractivity contribution in [3.8, 4) is 11.6 Å². The molecule has 0 amide bonds. The first-order valence-corrected chi connectivity index (χ1v) is 10.00. The fourth-order valence-electron chi connectivity index (χ4n) is 3.47. The molecular weight excluding hydrogens is 422 g/mol. The number of nitrogens with zero attached hydrogens (tertiary/aromatic N) is 3. The number of hydrogen-bond donors (Lipinski definition) is 1. The molecule has 1 aromatic heterocycles. The van der Waals surface area contributed by atoms with Gasteiger partial charge >= 0.3 is 17.9 Å². The summed E-state index contributed by atoms with van der Waals surface area (Å²) in [5.41, 5.74) is -1.50. The summed E-state index contributed by atoms with van der Waals surface area (Å²) >= 11 is 0. The number of likely N-dealkylation sites (N-methyl/N-ethyl adjacent to an activating group) is 1. The van der Waals surface area contributed by atoms with Crippen molar-refractivity contribution in [3.63, 3.8) is 0 Å². The van der Waals surface area contributed by atoms with E-state index in [-0.39, 0.29) is 24.1 Å². The van der Waals surface area contributed by atoms with Gasteiger partial charge in [0.25, 0.3) is 5.88 Å². The largest absolute Gasteiger partial charge is 0.442 e. The van der Waals surface area contributed by atoms with Gasteiger partial charge in [0, 0.05) is 6.54 Å². The Morgan fingerprint density at radius 3 is 2.59 bits per heavy atom. The highest BCUT2D eigenvalue weighted by atomic mass is 16.6. The van der Waals surface area contributed by atoms with Gasteiger partial charge in [-0.1, -0.05) is 30.3 Å². The maximum Gasteiger partial charge on any atom is 0.345 e. The van der Waals surface area contributed by atoms with Gasteiger partial charge in [-0.2, -0.15) is 0 Å². The summed E-state index contributed by atoms with van der Waals surface area (Å²) in [7, 11) is 3.79. The van der Waals surface area contributed by atoms with Crippen LogP contribution >= 0.6 is 0 Å². The number of rotatable bonds is 6. The molecule has 0 spiro atoms. The second kappa shape index (κ2) is 8.69. The third-order valence-corrected chi connectivity index (χ3v) is 5.10. The lowest BCUT2D eigenvalue weighted by molar-refractivity contribution is -0.172. The van der Waals surface area contributed by atoms with Gasteiger partial charge in [-0.25, -0.2) is 9.48 Å². The number of carbonyl (C=O) groups is 3. The van der Waals surface area contributed by atoms with E-state index < -0.39 is 42.5 Å². The molecule has 170 valence electrons. The fraction of sp³-hybridized carbons (Fsp3) is 0.429. The number of carbonyl (C=O) groups excluding carboxylic acids is 3. The molecular formula is C21H23N3O8. The molecule has 11 heteroatoms. The van der Waals surface area contributed by atoms with Crippen LogP contribution in [0.3, 0.4) is 0 Å². The summed E-state index contributed by atoms with van der Waals surface area (Å²) < 4.78 is 23.3. The van der Waals surface area contributed by atoms with E-state index in [0.717, 1.165) is 0 Å².